The summed E-state index contributed by atoms with van der Waals surface area (Å²) in [6.45, 7) is -1.46. The quantitative estimate of drug-likeness (QED) is 0.193. The fourth-order valence-corrected chi connectivity index (χ4v) is 1.88. The van der Waals surface area contributed by atoms with Gasteiger partial charge in [-0.05, 0) is 6.42 Å². The average Bonchev–Trinajstić information content (AvgIpc) is 2.48. The Morgan fingerprint density at radius 1 is 0.840 bits per heavy atom. The Morgan fingerprint density at radius 2 is 1.28 bits per heavy atom. The fraction of sp³-hybridized carbons (Fsp3) is 1.00. The molecule has 142 valence electrons. The lowest BCUT2D eigenvalue weighted by Gasteiger charge is -2.21. The first-order valence-corrected chi connectivity index (χ1v) is 6.51. The second-order valence-corrected chi connectivity index (χ2v) is 4.86. The number of nitrogens with zero attached hydrogens (tertiary/aromatic N) is 6. The SMILES string of the molecule is CCCC(CN(CCC(F)([N+](=O)[O-])[N+](=O)[O-])[N+](=O)[O-])([N+](=O)[O-])[N+](=O)[O-]. The number of hydrazine groups is 1. The second-order valence-electron chi connectivity index (χ2n) is 4.86. The standard InChI is InChI=1S/C8H13FN6O10/c1-2-3-7(11(16)17,12(18)19)6-10(15(24)25)5-4-8(9,13(20)21)14(22)23/h2-6H2,1H3. The van der Waals surface area contributed by atoms with Crippen molar-refractivity contribution in [3.05, 3.63) is 50.6 Å². The van der Waals surface area contributed by atoms with E-state index >= 15 is 0 Å². The number of hydrogen-bond acceptors (Lipinski definition) is 10. The predicted octanol–water partition coefficient (Wildman–Crippen LogP) is 0.0967. The molecule has 0 saturated heterocycles. The Labute approximate surface area is 136 Å². The summed E-state index contributed by atoms with van der Waals surface area (Å²) in [5.41, 5.74) is -3.02. The minimum atomic E-state index is -4.27. The molecule has 0 amide bonds. The molecule has 0 aliphatic rings. The third-order valence-electron chi connectivity index (χ3n) is 3.24. The van der Waals surface area contributed by atoms with Crippen LogP contribution >= 0.6 is 0 Å². The summed E-state index contributed by atoms with van der Waals surface area (Å²) in [7, 11) is 0. The Hall–Kier alpha value is -3.27. The molecule has 0 spiro atoms. The van der Waals surface area contributed by atoms with E-state index in [0.717, 1.165) is 0 Å². The molecule has 25 heavy (non-hydrogen) atoms. The number of nitro groups is 5. The molecule has 0 radical (unpaired) electrons. The molecule has 0 aromatic rings. The van der Waals surface area contributed by atoms with Crippen molar-refractivity contribution in [3.63, 3.8) is 0 Å². The lowest BCUT2D eigenvalue weighted by molar-refractivity contribution is -0.835. The van der Waals surface area contributed by atoms with Crippen molar-refractivity contribution >= 4 is 0 Å². The van der Waals surface area contributed by atoms with Gasteiger partial charge in [0.1, 0.15) is 19.7 Å². The largest absolute Gasteiger partial charge is 0.615 e. The molecule has 16 nitrogen and oxygen atoms in total. The van der Waals surface area contributed by atoms with Gasteiger partial charge in [0.2, 0.25) is 6.54 Å². The zero-order chi connectivity index (χ0) is 20.0. The normalized spacial score (nSPS) is 11.6. The smallest absolute Gasteiger partial charge is 0.258 e. The van der Waals surface area contributed by atoms with Crippen LogP contribution in [0.2, 0.25) is 0 Å². The van der Waals surface area contributed by atoms with E-state index in [1.54, 1.807) is 0 Å². The zero-order valence-electron chi connectivity index (χ0n) is 12.7. The lowest BCUT2D eigenvalue weighted by atomic mass is 10.1. The first-order chi connectivity index (χ1) is 11.3. The van der Waals surface area contributed by atoms with Crippen LogP contribution in [0.3, 0.4) is 0 Å². The Balaban J connectivity index is 5.59. The van der Waals surface area contributed by atoms with Crippen molar-refractivity contribution in [2.75, 3.05) is 13.1 Å². The molecule has 0 bridgehead atoms. The van der Waals surface area contributed by atoms with Gasteiger partial charge in [-0.25, -0.2) is 10.1 Å². The molecular weight excluding hydrogens is 359 g/mol. The van der Waals surface area contributed by atoms with Gasteiger partial charge in [-0.15, -0.1) is 5.01 Å². The Bertz CT molecular complexity index is 556. The molecule has 0 aromatic heterocycles. The summed E-state index contributed by atoms with van der Waals surface area (Å²) in [4.78, 5) is 47.3. The maximum atomic E-state index is 13.6. The van der Waals surface area contributed by atoms with Crippen LogP contribution in [0.25, 0.3) is 0 Å². The highest BCUT2D eigenvalue weighted by molar-refractivity contribution is 4.71. The van der Waals surface area contributed by atoms with Crippen LogP contribution in [-0.2, 0) is 0 Å². The van der Waals surface area contributed by atoms with Gasteiger partial charge in [-0.1, -0.05) is 11.3 Å². The number of rotatable bonds is 12. The van der Waals surface area contributed by atoms with Crippen molar-refractivity contribution in [2.24, 2.45) is 0 Å². The van der Waals surface area contributed by atoms with E-state index in [1.807, 2.05) is 0 Å². The number of alkyl halides is 1. The first-order valence-electron chi connectivity index (χ1n) is 6.51. The van der Waals surface area contributed by atoms with E-state index in [1.165, 1.54) is 6.92 Å². The fourth-order valence-electron chi connectivity index (χ4n) is 1.88. The highest BCUT2D eigenvalue weighted by atomic mass is 19.2. The van der Waals surface area contributed by atoms with Gasteiger partial charge in [-0.3, -0.25) is 40.5 Å². The topological polar surface area (TPSA) is 219 Å². The van der Waals surface area contributed by atoms with E-state index in [9.17, 15) is 55.0 Å². The van der Waals surface area contributed by atoms with Crippen LogP contribution in [0.4, 0.5) is 4.39 Å². The molecule has 0 rings (SSSR count). The van der Waals surface area contributed by atoms with Crippen LogP contribution in [0.5, 0.6) is 0 Å². The van der Waals surface area contributed by atoms with Crippen molar-refractivity contribution in [2.45, 2.75) is 37.8 Å². The molecule has 0 aromatic carbocycles. The summed E-state index contributed by atoms with van der Waals surface area (Å²) >= 11 is 0. The van der Waals surface area contributed by atoms with Crippen LogP contribution in [0, 0.1) is 50.6 Å². The maximum Gasteiger partial charge on any atom is 0.615 e. The number of hydrogen-bond donors (Lipinski definition) is 0. The molecule has 17 heteroatoms. The average molecular weight is 372 g/mol. The minimum Gasteiger partial charge on any atom is -0.258 e. The van der Waals surface area contributed by atoms with Crippen molar-refractivity contribution in [1.82, 2.24) is 5.01 Å². The maximum absolute atomic E-state index is 13.6. The molecule has 0 aliphatic carbocycles. The van der Waals surface area contributed by atoms with Crippen LogP contribution < -0.4 is 0 Å². The first kappa shape index (κ1) is 21.7. The van der Waals surface area contributed by atoms with E-state index < -0.39 is 62.2 Å². The van der Waals surface area contributed by atoms with Crippen molar-refractivity contribution < 1.29 is 29.1 Å². The predicted molar refractivity (Wildman–Crippen MR) is 72.6 cm³/mol. The Morgan fingerprint density at radius 3 is 1.56 bits per heavy atom. The van der Waals surface area contributed by atoms with Gasteiger partial charge in [0, 0.05) is 0 Å². The van der Waals surface area contributed by atoms with E-state index in [0.29, 0.717) is 0 Å². The second kappa shape index (κ2) is 8.02. The molecule has 0 saturated carbocycles. The van der Waals surface area contributed by atoms with Gasteiger partial charge in [-0.2, -0.15) is 0 Å². The third kappa shape index (κ3) is 4.61. The van der Waals surface area contributed by atoms with Gasteiger partial charge in [0.15, 0.2) is 11.5 Å². The summed E-state index contributed by atoms with van der Waals surface area (Å²) in [6.07, 6.45) is -2.47. The van der Waals surface area contributed by atoms with Crippen LogP contribution in [-0.4, -0.2) is 54.4 Å². The van der Waals surface area contributed by atoms with Gasteiger partial charge < -0.3 is 0 Å². The summed E-state index contributed by atoms with van der Waals surface area (Å²) in [5, 5.41) is 52.3. The van der Waals surface area contributed by atoms with Gasteiger partial charge in [0.25, 0.3) is 0 Å². The van der Waals surface area contributed by atoms with Crippen LogP contribution in [0.1, 0.15) is 26.2 Å². The van der Waals surface area contributed by atoms with E-state index in [-0.39, 0.29) is 11.4 Å². The highest BCUT2D eigenvalue weighted by Gasteiger charge is 2.61. The minimum absolute atomic E-state index is 0.107. The van der Waals surface area contributed by atoms with Crippen LogP contribution in [0.15, 0.2) is 0 Å². The lowest BCUT2D eigenvalue weighted by Crippen LogP contribution is -2.56. The molecule has 0 N–H and O–H groups in total. The van der Waals surface area contributed by atoms with E-state index in [4.69, 9.17) is 0 Å². The molecule has 0 unspecified atom stereocenters. The third-order valence-corrected chi connectivity index (χ3v) is 3.24. The van der Waals surface area contributed by atoms with Gasteiger partial charge >= 0.3 is 11.6 Å². The van der Waals surface area contributed by atoms with Gasteiger partial charge in [0.05, 0.1) is 13.0 Å². The molecule has 0 heterocycles. The monoisotopic (exact) mass is 372 g/mol. The summed E-state index contributed by atoms with van der Waals surface area (Å²) in [5.74, 6) is -4.27. The van der Waals surface area contributed by atoms with E-state index in [2.05, 4.69) is 0 Å². The van der Waals surface area contributed by atoms with Crippen molar-refractivity contribution in [1.29, 1.82) is 0 Å². The molecule has 0 aliphatic heterocycles. The van der Waals surface area contributed by atoms with Crippen molar-refractivity contribution in [3.8, 4) is 0 Å². The highest BCUT2D eigenvalue weighted by Crippen LogP contribution is 2.23. The number of halogens is 1. The summed E-state index contributed by atoms with van der Waals surface area (Å²) < 4.78 is 13.6. The Kier molecular flexibility index (Phi) is 6.97. The zero-order valence-corrected chi connectivity index (χ0v) is 12.7. The molecular formula is C8H13FN6O10. The summed E-state index contributed by atoms with van der Waals surface area (Å²) in [6, 6.07) is 0. The molecule has 0 fully saturated rings. The molecule has 0 atom stereocenters.